The summed E-state index contributed by atoms with van der Waals surface area (Å²) in [6.07, 6.45) is -2.98. The Morgan fingerprint density at radius 3 is 2.64 bits per heavy atom. The minimum Gasteiger partial charge on any atom is -0.208 e. The van der Waals surface area contributed by atoms with Gasteiger partial charge in [0.15, 0.2) is 0 Å². The number of alkyl halides is 3. The fourth-order valence-corrected chi connectivity index (χ4v) is 1.19. The summed E-state index contributed by atoms with van der Waals surface area (Å²) in [5, 5.41) is 8.40. The minimum atomic E-state index is -2.98. The summed E-state index contributed by atoms with van der Waals surface area (Å²) in [5.74, 6) is -1.62. The van der Waals surface area contributed by atoms with Crippen molar-refractivity contribution in [1.29, 1.82) is 5.26 Å². The number of aromatic nitrogens is 1. The number of hydrogen-bond donors (Lipinski definition) is 0. The van der Waals surface area contributed by atoms with Crippen LogP contribution in [0.15, 0.2) is 6.07 Å². The van der Waals surface area contributed by atoms with Crippen LogP contribution in [0.3, 0.4) is 0 Å². The van der Waals surface area contributed by atoms with E-state index < -0.39 is 17.9 Å². The highest BCUT2D eigenvalue weighted by Crippen LogP contribution is 2.26. The summed E-state index contributed by atoms with van der Waals surface area (Å²) in [5.41, 5.74) is -1.20. The summed E-state index contributed by atoms with van der Waals surface area (Å²) in [6.45, 7) is 0. The summed E-state index contributed by atoms with van der Waals surface area (Å²) >= 11 is 5.34. The Bertz CT molecular complexity index is 387. The lowest BCUT2D eigenvalue weighted by Gasteiger charge is -2.06. The van der Waals surface area contributed by atoms with E-state index in [1.807, 2.05) is 0 Å². The number of pyridine rings is 1. The van der Waals surface area contributed by atoms with Gasteiger partial charge in [-0.1, -0.05) is 0 Å². The highest BCUT2D eigenvalue weighted by Gasteiger charge is 2.20. The average molecular weight is 221 g/mol. The van der Waals surface area contributed by atoms with E-state index in [0.29, 0.717) is 0 Å². The first kappa shape index (κ1) is 10.8. The van der Waals surface area contributed by atoms with E-state index in [0.717, 1.165) is 6.07 Å². The van der Waals surface area contributed by atoms with Gasteiger partial charge in [-0.2, -0.15) is 9.65 Å². The third-order valence-corrected chi connectivity index (χ3v) is 1.86. The molecule has 1 aromatic rings. The van der Waals surface area contributed by atoms with Crippen molar-refractivity contribution in [1.82, 2.24) is 4.98 Å². The van der Waals surface area contributed by atoms with E-state index in [9.17, 15) is 13.2 Å². The zero-order valence-electron chi connectivity index (χ0n) is 6.77. The Hall–Kier alpha value is -1.28. The number of rotatable bonds is 2. The van der Waals surface area contributed by atoms with E-state index in [2.05, 4.69) is 4.98 Å². The van der Waals surface area contributed by atoms with Crippen LogP contribution in [0, 0.1) is 17.3 Å². The normalized spacial score (nSPS) is 10.3. The fraction of sp³-hybridized carbons (Fsp3) is 0.250. The number of hydrogen-bond acceptors (Lipinski definition) is 2. The fourth-order valence-electron chi connectivity index (χ4n) is 0.972. The van der Waals surface area contributed by atoms with Gasteiger partial charge in [-0.05, 0) is 11.6 Å². The van der Waals surface area contributed by atoms with Crippen LogP contribution >= 0.6 is 11.6 Å². The molecule has 0 saturated carbocycles. The largest absolute Gasteiger partial charge is 0.268 e. The molecule has 0 saturated heterocycles. The molecule has 0 aliphatic carbocycles. The Kier molecular flexibility index (Phi) is 3.31. The Morgan fingerprint density at radius 2 is 2.21 bits per heavy atom. The molecule has 1 rings (SSSR count). The molecular weight excluding hydrogens is 217 g/mol. The van der Waals surface area contributed by atoms with Crippen LogP contribution in [-0.4, -0.2) is 4.98 Å². The van der Waals surface area contributed by atoms with Gasteiger partial charge < -0.3 is 0 Å². The Labute approximate surface area is 82.9 Å². The molecule has 0 aliphatic rings. The van der Waals surface area contributed by atoms with Gasteiger partial charge in [-0.25, -0.2) is 13.8 Å². The summed E-state index contributed by atoms with van der Waals surface area (Å²) in [4.78, 5) is 3.06. The molecule has 6 heteroatoms. The van der Waals surface area contributed by atoms with Crippen LogP contribution in [0.5, 0.6) is 0 Å². The zero-order valence-corrected chi connectivity index (χ0v) is 7.52. The number of nitriles is 1. The van der Waals surface area contributed by atoms with Crippen molar-refractivity contribution < 1.29 is 13.2 Å². The standard InChI is InChI=1S/C8H4ClF3N2/c9-2-4-1-5(3-13)14-8(12)6(4)7(10)11/h1,7H,2H2. The first-order valence-corrected chi connectivity index (χ1v) is 4.07. The SMILES string of the molecule is N#Cc1cc(CCl)c(C(F)F)c(F)n1. The molecule has 0 fully saturated rings. The van der Waals surface area contributed by atoms with Gasteiger partial charge in [-0.3, -0.25) is 0 Å². The molecule has 1 aromatic heterocycles. The van der Waals surface area contributed by atoms with Crippen LogP contribution in [0.4, 0.5) is 13.2 Å². The van der Waals surface area contributed by atoms with Crippen molar-refractivity contribution in [3.05, 3.63) is 28.8 Å². The summed E-state index contributed by atoms with van der Waals surface area (Å²) in [6, 6.07) is 2.61. The molecule has 0 bridgehead atoms. The molecule has 0 aromatic carbocycles. The van der Waals surface area contributed by atoms with Crippen LogP contribution < -0.4 is 0 Å². The molecule has 1 heterocycles. The lowest BCUT2D eigenvalue weighted by atomic mass is 10.1. The smallest absolute Gasteiger partial charge is 0.208 e. The van der Waals surface area contributed by atoms with E-state index >= 15 is 0 Å². The summed E-state index contributed by atoms with van der Waals surface area (Å²) in [7, 11) is 0. The maximum absolute atomic E-state index is 12.9. The maximum atomic E-state index is 12.9. The van der Waals surface area contributed by atoms with Gasteiger partial charge in [0, 0.05) is 5.88 Å². The molecule has 2 nitrogen and oxygen atoms in total. The van der Waals surface area contributed by atoms with Crippen molar-refractivity contribution in [2.45, 2.75) is 12.3 Å². The Morgan fingerprint density at radius 1 is 1.57 bits per heavy atom. The number of halogens is 4. The predicted molar refractivity (Wildman–Crippen MR) is 43.4 cm³/mol. The maximum Gasteiger partial charge on any atom is 0.268 e. The van der Waals surface area contributed by atoms with Gasteiger partial charge in [0.1, 0.15) is 11.8 Å². The van der Waals surface area contributed by atoms with Crippen molar-refractivity contribution in [3.63, 3.8) is 0 Å². The van der Waals surface area contributed by atoms with Gasteiger partial charge >= 0.3 is 0 Å². The van der Waals surface area contributed by atoms with Crippen LogP contribution in [0.25, 0.3) is 0 Å². The van der Waals surface area contributed by atoms with Crippen molar-refractivity contribution >= 4 is 11.6 Å². The van der Waals surface area contributed by atoms with Crippen molar-refractivity contribution in [2.24, 2.45) is 0 Å². The van der Waals surface area contributed by atoms with Crippen LogP contribution in [0.1, 0.15) is 23.2 Å². The zero-order chi connectivity index (χ0) is 10.7. The third-order valence-electron chi connectivity index (χ3n) is 1.57. The second-order valence-corrected chi connectivity index (χ2v) is 2.68. The second kappa shape index (κ2) is 4.29. The Balaban J connectivity index is 3.36. The van der Waals surface area contributed by atoms with Gasteiger partial charge in [0.05, 0.1) is 5.56 Å². The molecule has 14 heavy (non-hydrogen) atoms. The van der Waals surface area contributed by atoms with Crippen molar-refractivity contribution in [2.75, 3.05) is 0 Å². The first-order valence-electron chi connectivity index (χ1n) is 3.53. The molecule has 0 aliphatic heterocycles. The molecule has 0 radical (unpaired) electrons. The highest BCUT2D eigenvalue weighted by molar-refractivity contribution is 6.17. The molecule has 0 N–H and O–H groups in total. The van der Waals surface area contributed by atoms with Crippen LogP contribution in [-0.2, 0) is 5.88 Å². The molecule has 74 valence electrons. The van der Waals surface area contributed by atoms with Crippen LogP contribution in [0.2, 0.25) is 0 Å². The minimum absolute atomic E-state index is 0.106. The van der Waals surface area contributed by atoms with Crippen molar-refractivity contribution in [3.8, 4) is 6.07 Å². The van der Waals surface area contributed by atoms with E-state index in [4.69, 9.17) is 16.9 Å². The molecule has 0 unspecified atom stereocenters. The monoisotopic (exact) mass is 220 g/mol. The van der Waals surface area contributed by atoms with Gasteiger partial charge in [0.25, 0.3) is 6.43 Å². The van der Waals surface area contributed by atoms with E-state index in [1.54, 1.807) is 6.07 Å². The van der Waals surface area contributed by atoms with Gasteiger partial charge in [0.2, 0.25) is 5.95 Å². The third kappa shape index (κ3) is 1.96. The summed E-state index contributed by atoms with van der Waals surface area (Å²) < 4.78 is 37.5. The quantitative estimate of drug-likeness (QED) is 0.568. The molecule has 0 atom stereocenters. The van der Waals surface area contributed by atoms with E-state index in [1.165, 1.54) is 0 Å². The second-order valence-electron chi connectivity index (χ2n) is 2.42. The topological polar surface area (TPSA) is 36.7 Å². The molecule has 0 spiro atoms. The predicted octanol–water partition coefficient (Wildman–Crippen LogP) is 2.77. The van der Waals surface area contributed by atoms with Gasteiger partial charge in [-0.15, -0.1) is 11.6 Å². The number of nitrogens with zero attached hydrogens (tertiary/aromatic N) is 2. The molecule has 0 amide bonds. The lowest BCUT2D eigenvalue weighted by molar-refractivity contribution is 0.144. The van der Waals surface area contributed by atoms with E-state index in [-0.39, 0.29) is 17.1 Å². The highest BCUT2D eigenvalue weighted by atomic mass is 35.5. The lowest BCUT2D eigenvalue weighted by Crippen LogP contribution is -2.02. The first-order chi connectivity index (χ1) is 6.60. The molecular formula is C8H4ClF3N2. The average Bonchev–Trinajstić information content (AvgIpc) is 2.15.